The van der Waals surface area contributed by atoms with E-state index in [4.69, 9.17) is 4.74 Å². The molecule has 0 aromatic heterocycles. The summed E-state index contributed by atoms with van der Waals surface area (Å²) < 4.78 is 5.28. The molecule has 7 nitrogen and oxygen atoms in total. The van der Waals surface area contributed by atoms with Crippen molar-refractivity contribution < 1.29 is 24.2 Å². The molecule has 292 valence electrons. The van der Waals surface area contributed by atoms with Crippen LogP contribution in [0.3, 0.4) is 0 Å². The van der Waals surface area contributed by atoms with Crippen molar-refractivity contribution in [2.75, 3.05) is 20.7 Å². The molecule has 6 aliphatic rings. The second-order valence-electron chi connectivity index (χ2n) is 18.6. The maximum atomic E-state index is 13.4. The summed E-state index contributed by atoms with van der Waals surface area (Å²) in [5, 5.41) is 12.7. The average Bonchev–Trinajstić information content (AvgIpc) is 3.45. The van der Waals surface area contributed by atoms with Gasteiger partial charge in [-0.05, 0) is 172 Å². The summed E-state index contributed by atoms with van der Waals surface area (Å²) in [5.41, 5.74) is 10.2. The molecule has 5 fully saturated rings. The van der Waals surface area contributed by atoms with Gasteiger partial charge in [0.2, 0.25) is 0 Å². The number of ketones is 1. The van der Waals surface area contributed by atoms with Crippen molar-refractivity contribution >= 4 is 17.7 Å². The van der Waals surface area contributed by atoms with Gasteiger partial charge in [-0.25, -0.2) is 0 Å². The number of hydrogen-bond donors (Lipinski definition) is 3. The van der Waals surface area contributed by atoms with E-state index >= 15 is 0 Å². The van der Waals surface area contributed by atoms with E-state index in [1.807, 2.05) is 31.2 Å². The van der Waals surface area contributed by atoms with Gasteiger partial charge in [-0.15, -0.1) is 0 Å². The Labute approximate surface area is 319 Å². The first-order valence-corrected chi connectivity index (χ1v) is 21.0. The minimum atomic E-state index is -0.743. The molecular weight excluding hydrogens is 661 g/mol. The van der Waals surface area contributed by atoms with Gasteiger partial charge in [0, 0.05) is 24.4 Å². The Balaban J connectivity index is 0.00000236. The van der Waals surface area contributed by atoms with E-state index < -0.39 is 5.97 Å². The van der Waals surface area contributed by atoms with Crippen LogP contribution in [0.25, 0.3) is 0 Å². The van der Waals surface area contributed by atoms with Crippen molar-refractivity contribution in [1.29, 1.82) is 0 Å². The van der Waals surface area contributed by atoms with Gasteiger partial charge in [0.15, 0.2) is 0 Å². The van der Waals surface area contributed by atoms with E-state index in [0.717, 1.165) is 42.8 Å². The number of allylic oxidation sites excluding steroid dienone is 3. The van der Waals surface area contributed by atoms with Crippen molar-refractivity contribution in [3.8, 4) is 5.75 Å². The summed E-state index contributed by atoms with van der Waals surface area (Å²) >= 11 is 0. The highest BCUT2D eigenvalue weighted by atomic mass is 16.5. The SMILES string of the molecule is C=C1CC2(CCNC(=O)c3ccc(OC)cc3)CCC3C(CCC4C3CCC3C(C)C(CC(=O)C5CC(C(=O)O)C5C)CCC34C)C2=C1C(C)C.CN. The molecule has 12 atom stereocenters. The number of rotatable bonds is 10. The van der Waals surface area contributed by atoms with Crippen molar-refractivity contribution in [2.45, 2.75) is 112 Å². The number of carboxylic acid groups (broad SMARTS) is 1. The van der Waals surface area contributed by atoms with E-state index in [2.05, 4.69) is 45.3 Å². The fourth-order valence-electron chi connectivity index (χ4n) is 13.6. The number of amides is 1. The number of benzene rings is 1. The molecule has 5 saturated carbocycles. The average molecular weight is 729 g/mol. The molecular formula is C46H68N2O5. The van der Waals surface area contributed by atoms with Gasteiger partial charge in [0.1, 0.15) is 11.5 Å². The number of nitrogens with one attached hydrogen (secondary N) is 1. The Morgan fingerprint density at radius 1 is 0.943 bits per heavy atom. The Hall–Kier alpha value is -2.93. The Kier molecular flexibility index (Phi) is 11.8. The number of carbonyl (C=O) groups is 3. The minimum absolute atomic E-state index is 0.0163. The number of ether oxygens (including phenoxy) is 1. The molecule has 0 spiro atoms. The molecule has 6 aliphatic carbocycles. The van der Waals surface area contributed by atoms with Gasteiger partial charge in [-0.3, -0.25) is 14.4 Å². The first-order valence-electron chi connectivity index (χ1n) is 21.0. The van der Waals surface area contributed by atoms with Crippen LogP contribution in [0.1, 0.15) is 122 Å². The van der Waals surface area contributed by atoms with Crippen LogP contribution in [0.2, 0.25) is 0 Å². The molecule has 0 saturated heterocycles. The normalized spacial score (nSPS) is 38.6. The van der Waals surface area contributed by atoms with Crippen LogP contribution >= 0.6 is 0 Å². The number of hydrogen-bond acceptors (Lipinski definition) is 5. The predicted octanol–water partition coefficient (Wildman–Crippen LogP) is 9.12. The number of fused-ring (bicyclic) bond motifs is 7. The highest BCUT2D eigenvalue weighted by Crippen LogP contribution is 2.69. The lowest BCUT2D eigenvalue weighted by Crippen LogP contribution is -2.55. The highest BCUT2D eigenvalue weighted by Gasteiger charge is 2.60. The van der Waals surface area contributed by atoms with Crippen LogP contribution in [-0.4, -0.2) is 43.5 Å². The molecule has 1 amide bonds. The van der Waals surface area contributed by atoms with Crippen LogP contribution in [0, 0.1) is 75.9 Å². The standard InChI is InChI=1S/C45H63NO5.CH5N/c1-25(2)40-26(3)24-45(20-21-46-42(48)29-8-10-31(51-7)11-9-29)19-17-32-33-12-14-37-27(4)30(22-39(47)35-23-36(28(35)5)43(49)50)16-18-44(37,6)38(33)15-13-34(32)41(40)45;1-2/h8-11,25,27-28,30,32-38H,3,12-24H2,1-2,4-7H3,(H,46,48)(H,49,50);2H2,1H3. The molecule has 7 heteroatoms. The Morgan fingerprint density at radius 3 is 2.28 bits per heavy atom. The van der Waals surface area contributed by atoms with Crippen molar-refractivity contribution in [1.82, 2.24) is 5.32 Å². The summed E-state index contributed by atoms with van der Waals surface area (Å²) in [5.74, 6) is 4.87. The number of Topliss-reactive ketones (excluding diaryl/α,β-unsaturated/α-hetero) is 1. The van der Waals surface area contributed by atoms with Crippen molar-refractivity contribution in [3.63, 3.8) is 0 Å². The van der Waals surface area contributed by atoms with Gasteiger partial charge in [0.25, 0.3) is 5.91 Å². The summed E-state index contributed by atoms with van der Waals surface area (Å²) in [6.45, 7) is 17.1. The van der Waals surface area contributed by atoms with E-state index in [-0.39, 0.29) is 29.1 Å². The van der Waals surface area contributed by atoms with Crippen LogP contribution in [0.5, 0.6) is 5.75 Å². The van der Waals surface area contributed by atoms with Gasteiger partial charge in [-0.1, -0.05) is 52.3 Å². The van der Waals surface area contributed by atoms with Gasteiger partial charge < -0.3 is 20.9 Å². The first kappa shape index (κ1) is 39.8. The lowest BCUT2D eigenvalue weighted by Gasteiger charge is -2.63. The van der Waals surface area contributed by atoms with E-state index in [9.17, 15) is 19.5 Å². The quantitative estimate of drug-likeness (QED) is 0.221. The van der Waals surface area contributed by atoms with Crippen molar-refractivity contribution in [3.05, 3.63) is 53.1 Å². The van der Waals surface area contributed by atoms with Crippen molar-refractivity contribution in [2.24, 2.45) is 81.7 Å². The molecule has 1 aromatic carbocycles. The van der Waals surface area contributed by atoms with Gasteiger partial charge in [0.05, 0.1) is 13.0 Å². The van der Waals surface area contributed by atoms with Crippen LogP contribution in [0.15, 0.2) is 47.6 Å². The number of carbonyl (C=O) groups excluding carboxylic acids is 2. The third-order valence-corrected chi connectivity index (χ3v) is 16.2. The number of aliphatic carboxylic acids is 1. The Morgan fingerprint density at radius 2 is 1.64 bits per heavy atom. The molecule has 1 aromatic rings. The predicted molar refractivity (Wildman–Crippen MR) is 211 cm³/mol. The third-order valence-electron chi connectivity index (χ3n) is 16.2. The van der Waals surface area contributed by atoms with E-state index in [0.29, 0.717) is 65.7 Å². The first-order chi connectivity index (χ1) is 25.3. The van der Waals surface area contributed by atoms with Crippen LogP contribution < -0.4 is 15.8 Å². The smallest absolute Gasteiger partial charge is 0.306 e. The fourth-order valence-corrected chi connectivity index (χ4v) is 13.6. The number of carboxylic acids is 1. The second-order valence-corrected chi connectivity index (χ2v) is 18.6. The molecule has 4 N–H and O–H groups in total. The summed E-state index contributed by atoms with van der Waals surface area (Å²) in [6, 6.07) is 7.37. The van der Waals surface area contributed by atoms with Crippen LogP contribution in [0.4, 0.5) is 0 Å². The van der Waals surface area contributed by atoms with Gasteiger partial charge in [-0.2, -0.15) is 0 Å². The maximum Gasteiger partial charge on any atom is 0.306 e. The summed E-state index contributed by atoms with van der Waals surface area (Å²) in [6.07, 6.45) is 13.2. The van der Waals surface area contributed by atoms with E-state index in [1.165, 1.54) is 57.6 Å². The van der Waals surface area contributed by atoms with E-state index in [1.54, 1.807) is 18.3 Å². The molecule has 0 aliphatic heterocycles. The zero-order chi connectivity index (χ0) is 38.4. The molecule has 0 radical (unpaired) electrons. The second kappa shape index (κ2) is 15.7. The zero-order valence-corrected chi connectivity index (χ0v) is 33.7. The van der Waals surface area contributed by atoms with Crippen LogP contribution in [-0.2, 0) is 9.59 Å². The highest BCUT2D eigenvalue weighted by molar-refractivity contribution is 5.94. The lowest BCUT2D eigenvalue weighted by molar-refractivity contribution is -0.154. The molecule has 0 heterocycles. The molecule has 12 unspecified atom stereocenters. The summed E-state index contributed by atoms with van der Waals surface area (Å²) in [7, 11) is 3.14. The molecule has 7 rings (SSSR count). The molecule has 53 heavy (non-hydrogen) atoms. The zero-order valence-electron chi connectivity index (χ0n) is 33.7. The third kappa shape index (κ3) is 6.95. The monoisotopic (exact) mass is 729 g/mol. The number of nitrogens with two attached hydrogens (primary N) is 1. The topological polar surface area (TPSA) is 119 Å². The fraction of sp³-hybridized carbons (Fsp3) is 0.717. The van der Waals surface area contributed by atoms with Gasteiger partial charge >= 0.3 is 5.97 Å². The Bertz CT molecular complexity index is 1580. The molecule has 0 bridgehead atoms. The number of methoxy groups -OCH3 is 1. The minimum Gasteiger partial charge on any atom is -0.497 e. The largest absolute Gasteiger partial charge is 0.497 e. The lowest BCUT2D eigenvalue weighted by atomic mass is 9.42. The maximum absolute atomic E-state index is 13.4. The summed E-state index contributed by atoms with van der Waals surface area (Å²) in [4.78, 5) is 38.0.